The van der Waals surface area contributed by atoms with Crippen molar-refractivity contribution in [3.63, 3.8) is 0 Å². The Morgan fingerprint density at radius 2 is 0.714 bits per heavy atom. The first-order chi connectivity index (χ1) is 10.3. The van der Waals surface area contributed by atoms with Crippen LogP contribution in [0.5, 0.6) is 0 Å². The van der Waals surface area contributed by atoms with Crippen LogP contribution in [0, 0.1) is 5.92 Å². The summed E-state index contributed by atoms with van der Waals surface area (Å²) in [5, 5.41) is 0. The number of hydrogen-bond donors (Lipinski definition) is 0. The molecule has 0 radical (unpaired) electrons. The van der Waals surface area contributed by atoms with Crippen LogP contribution in [0.15, 0.2) is 0 Å². The van der Waals surface area contributed by atoms with Crippen molar-refractivity contribution in [2.75, 3.05) is 0 Å². The zero-order chi connectivity index (χ0) is 15.6. The van der Waals surface area contributed by atoms with Gasteiger partial charge in [0.2, 0.25) is 0 Å². The molecule has 0 aromatic rings. The Labute approximate surface area is 136 Å². The van der Waals surface area contributed by atoms with Crippen LogP contribution in [0.4, 0.5) is 0 Å². The van der Waals surface area contributed by atoms with Gasteiger partial charge in [0, 0.05) is 0 Å². The van der Waals surface area contributed by atoms with Gasteiger partial charge in [-0.05, 0) is 5.92 Å². The summed E-state index contributed by atoms with van der Waals surface area (Å²) in [4.78, 5) is 0. The topological polar surface area (TPSA) is 0 Å². The van der Waals surface area contributed by atoms with E-state index in [0.29, 0.717) is 0 Å². The van der Waals surface area contributed by atoms with E-state index in [1.807, 2.05) is 0 Å². The largest absolute Gasteiger partial charge is 0.0654 e. The molecule has 0 bridgehead atoms. The molecule has 0 aliphatic carbocycles. The van der Waals surface area contributed by atoms with Crippen molar-refractivity contribution in [3.8, 4) is 0 Å². The first-order valence-corrected chi connectivity index (χ1v) is 10.3. The van der Waals surface area contributed by atoms with Gasteiger partial charge in [-0.1, -0.05) is 130 Å². The molecule has 0 aromatic carbocycles. The van der Waals surface area contributed by atoms with Crippen molar-refractivity contribution in [1.29, 1.82) is 0 Å². The van der Waals surface area contributed by atoms with Gasteiger partial charge in [-0.3, -0.25) is 0 Å². The normalized spacial score (nSPS) is 12.7. The summed E-state index contributed by atoms with van der Waals surface area (Å²) in [5.74, 6) is 1.04. The van der Waals surface area contributed by atoms with Crippen LogP contribution in [0.1, 0.15) is 130 Å². The predicted molar refractivity (Wildman–Crippen MR) is 99.0 cm³/mol. The third-order valence-electron chi connectivity index (χ3n) is 4.90. The quantitative estimate of drug-likeness (QED) is 0.237. The highest BCUT2D eigenvalue weighted by Gasteiger charge is 2.07. The molecule has 0 rings (SSSR count). The third-order valence-corrected chi connectivity index (χ3v) is 4.90. The first kappa shape index (κ1) is 21.0. The predicted octanol–water partition coefficient (Wildman–Crippen LogP) is 8.29. The van der Waals surface area contributed by atoms with Crippen LogP contribution in [-0.2, 0) is 0 Å². The smallest absolute Gasteiger partial charge is 0.0414 e. The zero-order valence-corrected chi connectivity index (χ0v) is 15.6. The van der Waals surface area contributed by atoms with Gasteiger partial charge in [-0.25, -0.2) is 0 Å². The Morgan fingerprint density at radius 1 is 0.381 bits per heavy atom. The maximum absolute atomic E-state index is 2.34. The summed E-state index contributed by atoms with van der Waals surface area (Å²) in [5.41, 5.74) is 0. The van der Waals surface area contributed by atoms with Gasteiger partial charge in [-0.2, -0.15) is 0 Å². The van der Waals surface area contributed by atoms with Gasteiger partial charge in [0.15, 0.2) is 0 Å². The highest BCUT2D eigenvalue weighted by atomic mass is 14.1. The van der Waals surface area contributed by atoms with Crippen LogP contribution >= 0.6 is 0 Å². The van der Waals surface area contributed by atoms with Crippen LogP contribution in [0.3, 0.4) is 0 Å². The fraction of sp³-hybridized carbons (Fsp3) is 1.00. The van der Waals surface area contributed by atoms with E-state index in [1.54, 1.807) is 0 Å². The Balaban J connectivity index is 3.51. The summed E-state index contributed by atoms with van der Waals surface area (Å²) in [7, 11) is 0. The van der Waals surface area contributed by atoms with Gasteiger partial charge >= 0.3 is 0 Å². The van der Waals surface area contributed by atoms with E-state index >= 15 is 0 Å². The number of unbranched alkanes of at least 4 members (excludes halogenated alkanes) is 11. The van der Waals surface area contributed by atoms with Crippen molar-refractivity contribution in [3.05, 3.63) is 0 Å². The molecule has 0 aliphatic rings. The molecule has 1 atom stereocenters. The Kier molecular flexibility index (Phi) is 18.1. The SMILES string of the molecule is CCCCCCCCCCC(CCCC)CCCCCC. The molecule has 0 amide bonds. The van der Waals surface area contributed by atoms with Gasteiger partial charge in [-0.15, -0.1) is 0 Å². The van der Waals surface area contributed by atoms with E-state index in [1.165, 1.54) is 109 Å². The molecule has 0 fully saturated rings. The van der Waals surface area contributed by atoms with Crippen LogP contribution in [0.25, 0.3) is 0 Å². The second kappa shape index (κ2) is 18.1. The van der Waals surface area contributed by atoms with Crippen molar-refractivity contribution in [2.24, 2.45) is 5.92 Å². The lowest BCUT2D eigenvalue weighted by Crippen LogP contribution is -2.01. The molecular weight excluding hydrogens is 252 g/mol. The van der Waals surface area contributed by atoms with E-state index < -0.39 is 0 Å². The monoisotopic (exact) mass is 296 g/mol. The highest BCUT2D eigenvalue weighted by Crippen LogP contribution is 2.23. The lowest BCUT2D eigenvalue weighted by atomic mass is 9.90. The second-order valence-corrected chi connectivity index (χ2v) is 7.12. The van der Waals surface area contributed by atoms with E-state index in [9.17, 15) is 0 Å². The Morgan fingerprint density at radius 3 is 1.19 bits per heavy atom. The van der Waals surface area contributed by atoms with E-state index in [-0.39, 0.29) is 0 Å². The third kappa shape index (κ3) is 16.2. The maximum Gasteiger partial charge on any atom is -0.0414 e. The average Bonchev–Trinajstić information content (AvgIpc) is 2.50. The lowest BCUT2D eigenvalue weighted by Gasteiger charge is -2.16. The average molecular weight is 297 g/mol. The van der Waals surface area contributed by atoms with Crippen LogP contribution in [-0.4, -0.2) is 0 Å². The minimum atomic E-state index is 1.04. The molecule has 1 unspecified atom stereocenters. The molecule has 0 saturated carbocycles. The van der Waals surface area contributed by atoms with Gasteiger partial charge in [0.25, 0.3) is 0 Å². The lowest BCUT2D eigenvalue weighted by molar-refractivity contribution is 0.371. The molecule has 0 aromatic heterocycles. The fourth-order valence-electron chi connectivity index (χ4n) is 3.35. The standard InChI is InChI=1S/C21H44/c1-4-7-10-12-13-14-15-17-20-21(18-9-6-3)19-16-11-8-5-2/h21H,4-20H2,1-3H3. The highest BCUT2D eigenvalue weighted by molar-refractivity contribution is 4.61. The maximum atomic E-state index is 2.34. The Bertz CT molecular complexity index is 173. The molecule has 0 nitrogen and oxygen atoms in total. The van der Waals surface area contributed by atoms with Crippen LogP contribution in [0.2, 0.25) is 0 Å². The van der Waals surface area contributed by atoms with Crippen molar-refractivity contribution in [1.82, 2.24) is 0 Å². The Hall–Kier alpha value is 0. The summed E-state index contributed by atoms with van der Waals surface area (Å²) >= 11 is 0. The minimum absolute atomic E-state index is 1.04. The molecular formula is C21H44. The second-order valence-electron chi connectivity index (χ2n) is 7.12. The number of hydrogen-bond acceptors (Lipinski definition) is 0. The summed E-state index contributed by atoms with van der Waals surface area (Å²) in [6, 6.07) is 0. The van der Waals surface area contributed by atoms with E-state index in [4.69, 9.17) is 0 Å². The molecule has 0 heterocycles. The summed E-state index contributed by atoms with van der Waals surface area (Å²) in [6.07, 6.45) is 24.8. The summed E-state index contributed by atoms with van der Waals surface area (Å²) in [6.45, 7) is 6.95. The summed E-state index contributed by atoms with van der Waals surface area (Å²) < 4.78 is 0. The van der Waals surface area contributed by atoms with Crippen molar-refractivity contribution >= 4 is 0 Å². The fourth-order valence-corrected chi connectivity index (χ4v) is 3.35. The van der Waals surface area contributed by atoms with Gasteiger partial charge in [0.05, 0.1) is 0 Å². The number of rotatable bonds is 17. The molecule has 0 saturated heterocycles. The van der Waals surface area contributed by atoms with Gasteiger partial charge < -0.3 is 0 Å². The molecule has 0 N–H and O–H groups in total. The van der Waals surface area contributed by atoms with Gasteiger partial charge in [0.1, 0.15) is 0 Å². The molecule has 128 valence electrons. The molecule has 21 heavy (non-hydrogen) atoms. The van der Waals surface area contributed by atoms with Crippen LogP contribution < -0.4 is 0 Å². The van der Waals surface area contributed by atoms with E-state index in [2.05, 4.69) is 20.8 Å². The van der Waals surface area contributed by atoms with E-state index in [0.717, 1.165) is 5.92 Å². The van der Waals surface area contributed by atoms with Crippen molar-refractivity contribution < 1.29 is 0 Å². The molecule has 0 heteroatoms. The molecule has 0 spiro atoms. The molecule has 0 aliphatic heterocycles. The minimum Gasteiger partial charge on any atom is -0.0654 e. The first-order valence-electron chi connectivity index (χ1n) is 10.3. The zero-order valence-electron chi connectivity index (χ0n) is 15.6. The van der Waals surface area contributed by atoms with Crippen molar-refractivity contribution in [2.45, 2.75) is 130 Å².